The van der Waals surface area contributed by atoms with Crippen LogP contribution in [-0.4, -0.2) is 22.2 Å². The van der Waals surface area contributed by atoms with Gasteiger partial charge in [-0.2, -0.15) is 5.10 Å². The summed E-state index contributed by atoms with van der Waals surface area (Å²) < 4.78 is 1.70. The van der Waals surface area contributed by atoms with E-state index >= 15 is 0 Å². The summed E-state index contributed by atoms with van der Waals surface area (Å²) in [6.45, 7) is 3.21. The average molecular weight is 278 g/mol. The van der Waals surface area contributed by atoms with Gasteiger partial charge in [-0.3, -0.25) is 9.48 Å². The molecule has 2 aromatic rings. The van der Waals surface area contributed by atoms with E-state index in [1.165, 1.54) is 5.56 Å². The minimum absolute atomic E-state index is 0.0686. The van der Waals surface area contributed by atoms with Crippen molar-refractivity contribution in [1.82, 2.24) is 15.1 Å². The number of carbonyl (C=O) groups excluding carboxylic acids is 1. The second kappa shape index (κ2) is 6.38. The third-order valence-corrected chi connectivity index (χ3v) is 3.05. The Morgan fingerprint density at radius 2 is 2.11 bits per heavy atom. The number of nitrogens with one attached hydrogen (secondary N) is 1. The van der Waals surface area contributed by atoms with Gasteiger partial charge in [-0.15, -0.1) is 0 Å². The summed E-state index contributed by atoms with van der Waals surface area (Å²) in [5.74, 6) is -0.0686. The normalized spacial score (nSPS) is 10.4. The second-order valence-corrected chi connectivity index (χ2v) is 4.66. The zero-order valence-electron chi connectivity index (χ0n) is 10.8. The number of amides is 1. The fourth-order valence-corrected chi connectivity index (χ4v) is 1.89. The first-order chi connectivity index (χ1) is 9.19. The first-order valence-corrected chi connectivity index (χ1v) is 6.62. The van der Waals surface area contributed by atoms with Gasteiger partial charge in [-0.25, -0.2) is 0 Å². The van der Waals surface area contributed by atoms with Crippen molar-refractivity contribution in [2.45, 2.75) is 19.9 Å². The fourth-order valence-electron chi connectivity index (χ4n) is 1.74. The van der Waals surface area contributed by atoms with Crippen molar-refractivity contribution in [3.8, 4) is 0 Å². The first-order valence-electron chi connectivity index (χ1n) is 6.24. The molecule has 0 bridgehead atoms. The number of nitrogens with zero attached hydrogens (tertiary/aromatic N) is 2. The number of hydrogen-bond donors (Lipinski definition) is 1. The molecule has 0 aliphatic rings. The van der Waals surface area contributed by atoms with Crippen LogP contribution in [0, 0.1) is 0 Å². The quantitative estimate of drug-likeness (QED) is 0.913. The van der Waals surface area contributed by atoms with Crippen LogP contribution < -0.4 is 5.32 Å². The van der Waals surface area contributed by atoms with Gasteiger partial charge in [0.25, 0.3) is 5.91 Å². The molecule has 0 fully saturated rings. The van der Waals surface area contributed by atoms with Gasteiger partial charge in [0.05, 0.1) is 17.8 Å². The van der Waals surface area contributed by atoms with E-state index in [1.54, 1.807) is 17.1 Å². The lowest BCUT2D eigenvalue weighted by atomic mass is 10.1. The maximum Gasteiger partial charge on any atom is 0.251 e. The zero-order chi connectivity index (χ0) is 13.7. The Hall–Kier alpha value is -1.81. The maximum atomic E-state index is 11.9. The Balaban J connectivity index is 1.83. The van der Waals surface area contributed by atoms with Gasteiger partial charge in [0, 0.05) is 18.3 Å². The molecule has 100 valence electrons. The van der Waals surface area contributed by atoms with Crippen LogP contribution in [0.15, 0.2) is 36.7 Å². The van der Waals surface area contributed by atoms with Crippen LogP contribution in [0.3, 0.4) is 0 Å². The van der Waals surface area contributed by atoms with Gasteiger partial charge in [0.2, 0.25) is 0 Å². The zero-order valence-corrected chi connectivity index (χ0v) is 11.5. The standard InChI is InChI=1S/C14H16ClN3O/c1-2-11-3-5-12(6-4-11)14(19)16-7-8-18-10-13(15)9-17-18/h3-6,9-10H,2,7-8H2,1H3,(H,16,19). The van der Waals surface area contributed by atoms with Crippen LogP contribution in [0.25, 0.3) is 0 Å². The Bertz CT molecular complexity index is 548. The second-order valence-electron chi connectivity index (χ2n) is 4.23. The third-order valence-electron chi connectivity index (χ3n) is 2.85. The molecule has 0 aliphatic carbocycles. The Kier molecular flexibility index (Phi) is 4.58. The maximum absolute atomic E-state index is 11.9. The monoisotopic (exact) mass is 277 g/mol. The van der Waals surface area contributed by atoms with Crippen molar-refractivity contribution in [3.63, 3.8) is 0 Å². The minimum Gasteiger partial charge on any atom is -0.350 e. The highest BCUT2D eigenvalue weighted by molar-refractivity contribution is 6.30. The lowest BCUT2D eigenvalue weighted by Gasteiger charge is -2.06. The summed E-state index contributed by atoms with van der Waals surface area (Å²) in [5.41, 5.74) is 1.90. The molecule has 0 atom stereocenters. The number of carbonyl (C=O) groups is 1. The van der Waals surface area contributed by atoms with E-state index in [0.717, 1.165) is 6.42 Å². The lowest BCUT2D eigenvalue weighted by molar-refractivity contribution is 0.0952. The van der Waals surface area contributed by atoms with Crippen LogP contribution in [-0.2, 0) is 13.0 Å². The Labute approximate surface area is 117 Å². The number of halogens is 1. The van der Waals surface area contributed by atoms with E-state index < -0.39 is 0 Å². The molecule has 1 heterocycles. The highest BCUT2D eigenvalue weighted by Gasteiger charge is 2.04. The van der Waals surface area contributed by atoms with Crippen LogP contribution in [0.5, 0.6) is 0 Å². The van der Waals surface area contributed by atoms with Crippen molar-refractivity contribution in [3.05, 3.63) is 52.8 Å². The summed E-state index contributed by atoms with van der Waals surface area (Å²) in [6, 6.07) is 7.64. The molecule has 0 saturated heterocycles. The van der Waals surface area contributed by atoms with Crippen molar-refractivity contribution in [2.75, 3.05) is 6.54 Å². The molecular weight excluding hydrogens is 262 g/mol. The lowest BCUT2D eigenvalue weighted by Crippen LogP contribution is -2.27. The van der Waals surface area contributed by atoms with E-state index in [-0.39, 0.29) is 5.91 Å². The number of rotatable bonds is 5. The largest absolute Gasteiger partial charge is 0.350 e. The van der Waals surface area contributed by atoms with Gasteiger partial charge in [0.15, 0.2) is 0 Å². The summed E-state index contributed by atoms with van der Waals surface area (Å²) in [5, 5.41) is 7.49. The molecule has 2 rings (SSSR count). The topological polar surface area (TPSA) is 46.9 Å². The predicted molar refractivity (Wildman–Crippen MR) is 75.4 cm³/mol. The van der Waals surface area contributed by atoms with Crippen molar-refractivity contribution in [2.24, 2.45) is 0 Å². The molecule has 0 unspecified atom stereocenters. The summed E-state index contributed by atoms with van der Waals surface area (Å²) in [7, 11) is 0. The van der Waals surface area contributed by atoms with E-state index in [9.17, 15) is 4.79 Å². The third kappa shape index (κ3) is 3.83. The highest BCUT2D eigenvalue weighted by Crippen LogP contribution is 2.05. The Morgan fingerprint density at radius 3 is 2.68 bits per heavy atom. The molecule has 0 spiro atoms. The molecule has 5 heteroatoms. The first kappa shape index (κ1) is 13.6. The van der Waals surface area contributed by atoms with Crippen LogP contribution >= 0.6 is 11.6 Å². The van der Waals surface area contributed by atoms with E-state index in [4.69, 9.17) is 11.6 Å². The minimum atomic E-state index is -0.0686. The van der Waals surface area contributed by atoms with Gasteiger partial charge in [-0.05, 0) is 24.1 Å². The summed E-state index contributed by atoms with van der Waals surface area (Å²) in [4.78, 5) is 11.9. The molecule has 0 aliphatic heterocycles. The molecule has 4 nitrogen and oxygen atoms in total. The molecule has 1 aromatic carbocycles. The molecule has 0 radical (unpaired) electrons. The fraction of sp³-hybridized carbons (Fsp3) is 0.286. The highest BCUT2D eigenvalue weighted by atomic mass is 35.5. The van der Waals surface area contributed by atoms with Crippen LogP contribution in [0.1, 0.15) is 22.8 Å². The van der Waals surface area contributed by atoms with Gasteiger partial charge in [0.1, 0.15) is 0 Å². The van der Waals surface area contributed by atoms with Crippen LogP contribution in [0.2, 0.25) is 5.02 Å². The number of hydrogen-bond acceptors (Lipinski definition) is 2. The van der Waals surface area contributed by atoms with E-state index in [1.807, 2.05) is 24.3 Å². The van der Waals surface area contributed by atoms with Crippen LogP contribution in [0.4, 0.5) is 0 Å². The smallest absolute Gasteiger partial charge is 0.251 e. The van der Waals surface area contributed by atoms with Gasteiger partial charge in [-0.1, -0.05) is 30.7 Å². The number of benzene rings is 1. The summed E-state index contributed by atoms with van der Waals surface area (Å²) >= 11 is 5.76. The number of aromatic nitrogens is 2. The van der Waals surface area contributed by atoms with Gasteiger partial charge >= 0.3 is 0 Å². The molecule has 1 amide bonds. The molecule has 1 aromatic heterocycles. The van der Waals surface area contributed by atoms with Gasteiger partial charge < -0.3 is 5.32 Å². The number of aryl methyl sites for hydroxylation is 1. The molecule has 0 saturated carbocycles. The van der Waals surface area contributed by atoms with E-state index in [0.29, 0.717) is 23.7 Å². The van der Waals surface area contributed by atoms with Crippen molar-refractivity contribution < 1.29 is 4.79 Å². The van der Waals surface area contributed by atoms with Crippen molar-refractivity contribution >= 4 is 17.5 Å². The average Bonchev–Trinajstić information content (AvgIpc) is 2.84. The Morgan fingerprint density at radius 1 is 1.37 bits per heavy atom. The van der Waals surface area contributed by atoms with Crippen molar-refractivity contribution in [1.29, 1.82) is 0 Å². The van der Waals surface area contributed by atoms with E-state index in [2.05, 4.69) is 17.3 Å². The summed E-state index contributed by atoms with van der Waals surface area (Å²) in [6.07, 6.45) is 4.28. The predicted octanol–water partition coefficient (Wildman–Crippen LogP) is 2.53. The SMILES string of the molecule is CCc1ccc(C(=O)NCCn2cc(Cl)cn2)cc1. The molecule has 1 N–H and O–H groups in total. The molecule has 19 heavy (non-hydrogen) atoms. The molecular formula is C14H16ClN3O.